The van der Waals surface area contributed by atoms with Crippen molar-refractivity contribution in [3.05, 3.63) is 60.2 Å². The van der Waals surface area contributed by atoms with E-state index in [1.54, 1.807) is 20.1 Å². The van der Waals surface area contributed by atoms with Gasteiger partial charge in [-0.05, 0) is 42.8 Å². The summed E-state index contributed by atoms with van der Waals surface area (Å²) in [6.07, 6.45) is 3.08. The molecule has 164 valence electrons. The average molecular weight is 424 g/mol. The average Bonchev–Trinajstić information content (AvgIpc) is 2.79. The molecule has 1 N–H and O–H groups in total. The Morgan fingerprint density at radius 3 is 2.42 bits per heavy atom. The molecule has 0 spiro atoms. The Morgan fingerprint density at radius 1 is 1.03 bits per heavy atom. The zero-order chi connectivity index (χ0) is 22.1. The maximum absolute atomic E-state index is 12.4. The molecule has 1 aliphatic heterocycles. The topological polar surface area (TPSA) is 71.1 Å². The Labute approximate surface area is 183 Å². The molecular formula is C24H29N3O4. The third-order valence-corrected chi connectivity index (χ3v) is 5.06. The fourth-order valence-electron chi connectivity index (χ4n) is 3.47. The van der Waals surface area contributed by atoms with Crippen LogP contribution in [0.2, 0.25) is 0 Å². The van der Waals surface area contributed by atoms with Gasteiger partial charge in [0.2, 0.25) is 5.91 Å². The fraction of sp³-hybridized carbons (Fsp3) is 0.333. The third-order valence-electron chi connectivity index (χ3n) is 5.06. The molecule has 0 saturated carbocycles. The van der Waals surface area contributed by atoms with Gasteiger partial charge in [-0.25, -0.2) is 4.79 Å². The molecule has 1 heterocycles. The molecule has 0 aliphatic carbocycles. The maximum Gasteiger partial charge on any atom is 0.330 e. The van der Waals surface area contributed by atoms with Crippen LogP contribution in [0.1, 0.15) is 12.5 Å². The van der Waals surface area contributed by atoms with Crippen LogP contribution in [0.15, 0.2) is 54.6 Å². The number of carbonyl (C=O) groups is 2. The number of ether oxygens (including phenoxy) is 2. The Kier molecular flexibility index (Phi) is 8.06. The molecule has 7 nitrogen and oxygen atoms in total. The minimum Gasteiger partial charge on any atom is -0.495 e. The number of rotatable bonds is 8. The van der Waals surface area contributed by atoms with Gasteiger partial charge in [0.15, 0.2) is 0 Å². The SMILES string of the molecule is CCOC(=O)/C=C/c1ccc(NC(=O)CN2CCN(c3ccccc3OC)CC2)cc1. The Hall–Kier alpha value is -3.32. The number of carbonyl (C=O) groups excluding carboxylic acids is 2. The van der Waals surface area contributed by atoms with Gasteiger partial charge in [0.25, 0.3) is 0 Å². The van der Waals surface area contributed by atoms with Crippen molar-refractivity contribution in [1.82, 2.24) is 4.90 Å². The van der Waals surface area contributed by atoms with Crippen LogP contribution in [-0.4, -0.2) is 63.2 Å². The second-order valence-corrected chi connectivity index (χ2v) is 7.19. The lowest BCUT2D eigenvalue weighted by Gasteiger charge is -2.36. The van der Waals surface area contributed by atoms with Crippen molar-refractivity contribution in [2.45, 2.75) is 6.92 Å². The van der Waals surface area contributed by atoms with Crippen molar-refractivity contribution in [1.29, 1.82) is 0 Å². The van der Waals surface area contributed by atoms with E-state index in [-0.39, 0.29) is 11.9 Å². The predicted molar refractivity (Wildman–Crippen MR) is 122 cm³/mol. The highest BCUT2D eigenvalue weighted by atomic mass is 16.5. The van der Waals surface area contributed by atoms with Crippen LogP contribution in [0.4, 0.5) is 11.4 Å². The predicted octanol–water partition coefficient (Wildman–Crippen LogP) is 3.03. The van der Waals surface area contributed by atoms with E-state index in [0.717, 1.165) is 48.9 Å². The second-order valence-electron chi connectivity index (χ2n) is 7.19. The zero-order valence-corrected chi connectivity index (χ0v) is 18.0. The zero-order valence-electron chi connectivity index (χ0n) is 18.0. The molecule has 0 radical (unpaired) electrons. The number of hydrogen-bond donors (Lipinski definition) is 1. The lowest BCUT2D eigenvalue weighted by Crippen LogP contribution is -2.48. The Morgan fingerprint density at radius 2 is 1.74 bits per heavy atom. The molecule has 31 heavy (non-hydrogen) atoms. The third kappa shape index (κ3) is 6.58. The van der Waals surface area contributed by atoms with E-state index in [1.807, 2.05) is 42.5 Å². The van der Waals surface area contributed by atoms with Crippen molar-refractivity contribution >= 4 is 29.3 Å². The molecular weight excluding hydrogens is 394 g/mol. The number of esters is 1. The number of methoxy groups -OCH3 is 1. The van der Waals surface area contributed by atoms with Crippen LogP contribution in [-0.2, 0) is 14.3 Å². The summed E-state index contributed by atoms with van der Waals surface area (Å²) in [6, 6.07) is 15.3. The van der Waals surface area contributed by atoms with Gasteiger partial charge in [0.1, 0.15) is 5.75 Å². The minimum atomic E-state index is -0.370. The van der Waals surface area contributed by atoms with E-state index in [1.165, 1.54) is 6.08 Å². The maximum atomic E-state index is 12.4. The molecule has 0 bridgehead atoms. The van der Waals surface area contributed by atoms with E-state index in [4.69, 9.17) is 9.47 Å². The second kappa shape index (κ2) is 11.2. The lowest BCUT2D eigenvalue weighted by atomic mass is 10.2. The molecule has 3 rings (SSSR count). The van der Waals surface area contributed by atoms with Gasteiger partial charge >= 0.3 is 5.97 Å². The highest BCUT2D eigenvalue weighted by molar-refractivity contribution is 5.92. The summed E-state index contributed by atoms with van der Waals surface area (Å²) in [5.41, 5.74) is 2.68. The highest BCUT2D eigenvalue weighted by Gasteiger charge is 2.21. The number of nitrogens with zero attached hydrogens (tertiary/aromatic N) is 2. The number of para-hydroxylation sites is 2. The van der Waals surface area contributed by atoms with Crippen molar-refractivity contribution in [3.8, 4) is 5.75 Å². The number of benzene rings is 2. The molecule has 0 aromatic heterocycles. The summed E-state index contributed by atoms with van der Waals surface area (Å²) in [7, 11) is 1.68. The molecule has 0 atom stereocenters. The van der Waals surface area contributed by atoms with Crippen molar-refractivity contribution < 1.29 is 19.1 Å². The van der Waals surface area contributed by atoms with Gasteiger partial charge in [-0.3, -0.25) is 9.69 Å². The van der Waals surface area contributed by atoms with E-state index < -0.39 is 0 Å². The van der Waals surface area contributed by atoms with Gasteiger partial charge in [0, 0.05) is 37.9 Å². The van der Waals surface area contributed by atoms with Crippen LogP contribution >= 0.6 is 0 Å². The van der Waals surface area contributed by atoms with E-state index in [9.17, 15) is 9.59 Å². The van der Waals surface area contributed by atoms with Crippen LogP contribution in [0.5, 0.6) is 5.75 Å². The molecule has 2 aromatic carbocycles. The molecule has 2 aromatic rings. The number of amides is 1. The van der Waals surface area contributed by atoms with Crippen LogP contribution in [0.25, 0.3) is 6.08 Å². The lowest BCUT2D eigenvalue weighted by molar-refractivity contribution is -0.137. The smallest absolute Gasteiger partial charge is 0.330 e. The van der Waals surface area contributed by atoms with Crippen LogP contribution < -0.4 is 15.0 Å². The molecule has 1 fully saturated rings. The molecule has 1 amide bonds. The Bertz CT molecular complexity index is 903. The van der Waals surface area contributed by atoms with Gasteiger partial charge in [-0.15, -0.1) is 0 Å². The Balaban J connectivity index is 1.46. The first-order valence-corrected chi connectivity index (χ1v) is 10.4. The van der Waals surface area contributed by atoms with E-state index in [0.29, 0.717) is 13.2 Å². The van der Waals surface area contributed by atoms with Crippen LogP contribution in [0.3, 0.4) is 0 Å². The monoisotopic (exact) mass is 423 g/mol. The molecule has 1 saturated heterocycles. The summed E-state index contributed by atoms with van der Waals surface area (Å²) in [5.74, 6) is 0.459. The highest BCUT2D eigenvalue weighted by Crippen LogP contribution is 2.28. The van der Waals surface area contributed by atoms with Crippen molar-refractivity contribution in [2.75, 3.05) is 56.7 Å². The number of piperazine rings is 1. The summed E-state index contributed by atoms with van der Waals surface area (Å²) in [5, 5.41) is 2.93. The fourth-order valence-corrected chi connectivity index (χ4v) is 3.47. The van der Waals surface area contributed by atoms with Crippen molar-refractivity contribution in [3.63, 3.8) is 0 Å². The summed E-state index contributed by atoms with van der Waals surface area (Å²) in [6.45, 7) is 5.77. The summed E-state index contributed by atoms with van der Waals surface area (Å²) in [4.78, 5) is 28.3. The van der Waals surface area contributed by atoms with Gasteiger partial charge in [0.05, 0.1) is 25.9 Å². The van der Waals surface area contributed by atoms with Gasteiger partial charge in [-0.1, -0.05) is 24.3 Å². The molecule has 1 aliphatic rings. The number of hydrogen-bond acceptors (Lipinski definition) is 6. The molecule has 7 heteroatoms. The van der Waals surface area contributed by atoms with Crippen LogP contribution in [0, 0.1) is 0 Å². The van der Waals surface area contributed by atoms with Gasteiger partial charge in [-0.2, -0.15) is 0 Å². The first-order chi connectivity index (χ1) is 15.1. The quantitative estimate of drug-likeness (QED) is 0.520. The largest absolute Gasteiger partial charge is 0.495 e. The standard InChI is InChI=1S/C24H29N3O4/c1-3-31-24(29)13-10-19-8-11-20(12-9-19)25-23(28)18-26-14-16-27(17-15-26)21-6-4-5-7-22(21)30-2/h4-13H,3,14-18H2,1-2H3,(H,25,28)/b13-10+. The van der Waals surface area contributed by atoms with E-state index in [2.05, 4.69) is 21.2 Å². The first kappa shape index (κ1) is 22.4. The van der Waals surface area contributed by atoms with Crippen molar-refractivity contribution in [2.24, 2.45) is 0 Å². The summed E-state index contributed by atoms with van der Waals surface area (Å²) < 4.78 is 10.3. The van der Waals surface area contributed by atoms with E-state index >= 15 is 0 Å². The number of nitrogens with one attached hydrogen (secondary N) is 1. The first-order valence-electron chi connectivity index (χ1n) is 10.4. The number of anilines is 2. The normalized spacial score (nSPS) is 14.5. The van der Waals surface area contributed by atoms with Gasteiger partial charge < -0.3 is 19.7 Å². The molecule has 0 unspecified atom stereocenters. The minimum absolute atomic E-state index is 0.0412. The summed E-state index contributed by atoms with van der Waals surface area (Å²) >= 11 is 0.